The number of H-pyrrole nitrogens is 1. The van der Waals surface area contributed by atoms with Crippen molar-refractivity contribution in [3.05, 3.63) is 95.7 Å². The number of hydrogen-bond acceptors (Lipinski definition) is 4. The first-order valence-electron chi connectivity index (χ1n) is 14.4. The van der Waals surface area contributed by atoms with Crippen LogP contribution in [0.2, 0.25) is 0 Å². The third-order valence-corrected chi connectivity index (χ3v) is 7.98. The molecule has 0 saturated heterocycles. The predicted octanol–water partition coefficient (Wildman–Crippen LogP) is 5.94. The van der Waals surface area contributed by atoms with Crippen molar-refractivity contribution in [3.8, 4) is 11.5 Å². The van der Waals surface area contributed by atoms with Crippen molar-refractivity contribution in [2.75, 3.05) is 27.3 Å². The van der Waals surface area contributed by atoms with Gasteiger partial charge >= 0.3 is 0 Å². The number of nitrogens with zero attached hydrogens (tertiary/aromatic N) is 2. The van der Waals surface area contributed by atoms with Crippen LogP contribution in [0.1, 0.15) is 48.8 Å². The van der Waals surface area contributed by atoms with Crippen LogP contribution in [0.25, 0.3) is 10.9 Å². The van der Waals surface area contributed by atoms with Crippen LogP contribution in [0, 0.1) is 0 Å². The first kappa shape index (κ1) is 28.3. The fourth-order valence-corrected chi connectivity index (χ4v) is 5.54. The highest BCUT2D eigenvalue weighted by molar-refractivity contribution is 5.89. The minimum absolute atomic E-state index is 0.0391. The van der Waals surface area contributed by atoms with Crippen LogP contribution in [0.5, 0.6) is 11.5 Å². The quantitative estimate of drug-likeness (QED) is 0.222. The smallest absolute Gasteiger partial charge is 0.242 e. The standard InChI is InChI=1S/C34H39N3O4/c1-4-28(25-10-6-5-7-11-25)34(39)37(27-15-16-27)23-33(38)36(22-24-14-17-31(40-2)32(20-24)41-3)19-18-26-21-35-30-13-9-8-12-29(26)30/h5-14,17,20-21,27-28,35H,4,15-16,18-19,22-23H2,1-3H3. The third kappa shape index (κ3) is 6.56. The number of amides is 2. The molecule has 1 saturated carbocycles. The lowest BCUT2D eigenvalue weighted by molar-refractivity contribution is -0.142. The van der Waals surface area contributed by atoms with Crippen LogP contribution in [0.3, 0.4) is 0 Å². The molecule has 1 N–H and O–H groups in total. The van der Waals surface area contributed by atoms with E-state index in [0.717, 1.165) is 40.4 Å². The number of carbonyl (C=O) groups excluding carboxylic acids is 2. The van der Waals surface area contributed by atoms with Crippen LogP contribution < -0.4 is 9.47 Å². The van der Waals surface area contributed by atoms with E-state index in [9.17, 15) is 9.59 Å². The van der Waals surface area contributed by atoms with E-state index in [1.807, 2.05) is 83.6 Å². The van der Waals surface area contributed by atoms with E-state index in [-0.39, 0.29) is 30.3 Å². The molecule has 1 aromatic heterocycles. The number of para-hydroxylation sites is 1. The molecule has 1 aliphatic carbocycles. The molecule has 1 heterocycles. The van der Waals surface area contributed by atoms with Crippen LogP contribution in [0.15, 0.2) is 79.0 Å². The zero-order chi connectivity index (χ0) is 28.8. The highest BCUT2D eigenvalue weighted by atomic mass is 16.5. The molecule has 1 atom stereocenters. The Morgan fingerprint density at radius 3 is 2.39 bits per heavy atom. The van der Waals surface area contributed by atoms with E-state index < -0.39 is 0 Å². The summed E-state index contributed by atoms with van der Waals surface area (Å²) >= 11 is 0. The van der Waals surface area contributed by atoms with Gasteiger partial charge < -0.3 is 24.3 Å². The van der Waals surface area contributed by atoms with Gasteiger partial charge in [-0.25, -0.2) is 0 Å². The molecule has 214 valence electrons. The SMILES string of the molecule is CCC(C(=O)N(CC(=O)N(CCc1c[nH]c2ccccc12)Cc1ccc(OC)c(OC)c1)C1CC1)c1ccccc1. The van der Waals surface area contributed by atoms with E-state index in [2.05, 4.69) is 17.1 Å². The van der Waals surface area contributed by atoms with Gasteiger partial charge in [-0.2, -0.15) is 0 Å². The highest BCUT2D eigenvalue weighted by Crippen LogP contribution is 2.32. The van der Waals surface area contributed by atoms with Gasteiger partial charge in [0.1, 0.15) is 6.54 Å². The molecule has 7 heteroatoms. The number of hydrogen-bond donors (Lipinski definition) is 1. The van der Waals surface area contributed by atoms with Crippen molar-refractivity contribution in [3.63, 3.8) is 0 Å². The van der Waals surface area contributed by atoms with Crippen molar-refractivity contribution < 1.29 is 19.1 Å². The summed E-state index contributed by atoms with van der Waals surface area (Å²) < 4.78 is 10.9. The summed E-state index contributed by atoms with van der Waals surface area (Å²) in [4.78, 5) is 34.9. The Labute approximate surface area is 242 Å². The Morgan fingerprint density at radius 1 is 0.951 bits per heavy atom. The maximum Gasteiger partial charge on any atom is 0.242 e. The second-order valence-electron chi connectivity index (χ2n) is 10.7. The number of aromatic nitrogens is 1. The second kappa shape index (κ2) is 12.9. The molecule has 0 radical (unpaired) electrons. The minimum Gasteiger partial charge on any atom is -0.493 e. The van der Waals surface area contributed by atoms with Crippen molar-refractivity contribution in [1.82, 2.24) is 14.8 Å². The van der Waals surface area contributed by atoms with Gasteiger partial charge in [0, 0.05) is 36.2 Å². The maximum absolute atomic E-state index is 14.0. The van der Waals surface area contributed by atoms with E-state index in [1.54, 1.807) is 14.2 Å². The molecule has 0 spiro atoms. The number of carbonyl (C=O) groups is 2. The van der Waals surface area contributed by atoms with Gasteiger partial charge in [0.05, 0.1) is 20.1 Å². The molecule has 3 aromatic carbocycles. The molecular weight excluding hydrogens is 514 g/mol. The van der Waals surface area contributed by atoms with Gasteiger partial charge in [-0.05, 0) is 60.6 Å². The highest BCUT2D eigenvalue weighted by Gasteiger charge is 2.37. The number of ether oxygens (including phenoxy) is 2. The minimum atomic E-state index is -0.255. The van der Waals surface area contributed by atoms with Crippen molar-refractivity contribution in [2.24, 2.45) is 0 Å². The Balaban J connectivity index is 1.38. The molecule has 1 unspecified atom stereocenters. The lowest BCUT2D eigenvalue weighted by Crippen LogP contribution is -2.45. The van der Waals surface area contributed by atoms with Crippen LogP contribution in [-0.4, -0.2) is 59.9 Å². The van der Waals surface area contributed by atoms with Crippen LogP contribution >= 0.6 is 0 Å². The maximum atomic E-state index is 14.0. The van der Waals surface area contributed by atoms with E-state index in [4.69, 9.17) is 9.47 Å². The molecule has 5 rings (SSSR count). The van der Waals surface area contributed by atoms with Crippen LogP contribution in [-0.2, 0) is 22.6 Å². The first-order valence-corrected chi connectivity index (χ1v) is 14.4. The summed E-state index contributed by atoms with van der Waals surface area (Å²) in [6, 6.07) is 24.0. The lowest BCUT2D eigenvalue weighted by atomic mass is 9.95. The summed E-state index contributed by atoms with van der Waals surface area (Å²) in [5, 5.41) is 1.16. The predicted molar refractivity (Wildman–Crippen MR) is 161 cm³/mol. The normalized spacial score (nSPS) is 13.5. The van der Waals surface area contributed by atoms with Crippen molar-refractivity contribution >= 4 is 22.7 Å². The molecule has 2 amide bonds. The number of benzene rings is 3. The average Bonchev–Trinajstić information content (AvgIpc) is 3.77. The van der Waals surface area contributed by atoms with E-state index in [1.165, 1.54) is 0 Å². The molecule has 1 fully saturated rings. The van der Waals surface area contributed by atoms with Crippen LogP contribution in [0.4, 0.5) is 0 Å². The zero-order valence-corrected chi connectivity index (χ0v) is 24.1. The summed E-state index contributed by atoms with van der Waals surface area (Å²) in [7, 11) is 3.22. The van der Waals surface area contributed by atoms with Gasteiger partial charge in [0.25, 0.3) is 0 Å². The van der Waals surface area contributed by atoms with Gasteiger partial charge in [-0.3, -0.25) is 9.59 Å². The molecular formula is C34H39N3O4. The Kier molecular flexibility index (Phi) is 8.92. The first-order chi connectivity index (χ1) is 20.0. The molecule has 0 bridgehead atoms. The summed E-state index contributed by atoms with van der Waals surface area (Å²) in [6.45, 7) is 3.04. The number of nitrogens with one attached hydrogen (secondary N) is 1. The zero-order valence-electron chi connectivity index (χ0n) is 24.1. The van der Waals surface area contributed by atoms with E-state index in [0.29, 0.717) is 37.4 Å². The second-order valence-corrected chi connectivity index (χ2v) is 10.7. The van der Waals surface area contributed by atoms with Gasteiger partial charge in [-0.15, -0.1) is 0 Å². The monoisotopic (exact) mass is 553 g/mol. The van der Waals surface area contributed by atoms with Gasteiger partial charge in [0.2, 0.25) is 11.8 Å². The number of methoxy groups -OCH3 is 2. The largest absolute Gasteiger partial charge is 0.493 e. The van der Waals surface area contributed by atoms with E-state index >= 15 is 0 Å². The fourth-order valence-electron chi connectivity index (χ4n) is 5.54. The number of fused-ring (bicyclic) bond motifs is 1. The van der Waals surface area contributed by atoms with Crippen molar-refractivity contribution in [1.29, 1.82) is 0 Å². The van der Waals surface area contributed by atoms with Gasteiger partial charge in [0.15, 0.2) is 11.5 Å². The molecule has 7 nitrogen and oxygen atoms in total. The lowest BCUT2D eigenvalue weighted by Gasteiger charge is -2.30. The Morgan fingerprint density at radius 2 is 1.68 bits per heavy atom. The van der Waals surface area contributed by atoms with Gasteiger partial charge in [-0.1, -0.05) is 61.5 Å². The molecule has 1 aliphatic rings. The Bertz CT molecular complexity index is 1480. The Hall–Kier alpha value is -4.26. The topological polar surface area (TPSA) is 74.9 Å². The fraction of sp³-hybridized carbons (Fsp3) is 0.353. The third-order valence-electron chi connectivity index (χ3n) is 7.98. The number of aromatic amines is 1. The summed E-state index contributed by atoms with van der Waals surface area (Å²) in [5.41, 5.74) is 4.18. The molecule has 41 heavy (non-hydrogen) atoms. The number of rotatable bonds is 13. The average molecular weight is 554 g/mol. The summed E-state index contributed by atoms with van der Waals surface area (Å²) in [5.74, 6) is 0.998. The molecule has 0 aliphatic heterocycles. The molecule has 4 aromatic rings. The van der Waals surface area contributed by atoms with Crippen molar-refractivity contribution in [2.45, 2.75) is 51.1 Å². The summed E-state index contributed by atoms with van der Waals surface area (Å²) in [6.07, 6.45) is 5.29.